The van der Waals surface area contributed by atoms with Crippen LogP contribution in [-0.4, -0.2) is 18.1 Å². The number of anilines is 1. The molecular formula is C18H18N2O2. The van der Waals surface area contributed by atoms with Crippen LogP contribution in [0.4, 0.5) is 5.69 Å². The standard InChI is InChI=1S/C18H18N2O2/c1-12-5-4-6-14(9-12)20(3)18(21)11-16-15-10-13(2)7-8-17(15)22-19-16/h4-10H,11H2,1-3H3. The number of aryl methyl sites for hydroxylation is 2. The highest BCUT2D eigenvalue weighted by Gasteiger charge is 2.16. The highest BCUT2D eigenvalue weighted by molar-refractivity contribution is 5.96. The van der Waals surface area contributed by atoms with E-state index in [1.165, 1.54) is 0 Å². The molecule has 0 saturated heterocycles. The van der Waals surface area contributed by atoms with E-state index in [1.807, 2.05) is 56.3 Å². The zero-order valence-corrected chi connectivity index (χ0v) is 13.0. The fourth-order valence-electron chi connectivity index (χ4n) is 2.47. The van der Waals surface area contributed by atoms with Crippen molar-refractivity contribution in [2.75, 3.05) is 11.9 Å². The van der Waals surface area contributed by atoms with Gasteiger partial charge < -0.3 is 9.42 Å². The molecule has 0 aliphatic carbocycles. The van der Waals surface area contributed by atoms with Gasteiger partial charge in [-0.3, -0.25) is 4.79 Å². The summed E-state index contributed by atoms with van der Waals surface area (Å²) in [6, 6.07) is 13.7. The molecule has 0 unspecified atom stereocenters. The molecule has 1 aromatic heterocycles. The molecule has 0 aliphatic heterocycles. The smallest absolute Gasteiger partial charge is 0.232 e. The van der Waals surface area contributed by atoms with Gasteiger partial charge in [0.2, 0.25) is 5.91 Å². The Morgan fingerprint density at radius 1 is 1.14 bits per heavy atom. The third-order valence-corrected chi connectivity index (χ3v) is 3.78. The SMILES string of the molecule is Cc1cccc(N(C)C(=O)Cc2noc3ccc(C)cc23)c1. The van der Waals surface area contributed by atoms with Crippen LogP contribution in [0.25, 0.3) is 11.0 Å². The predicted molar refractivity (Wildman–Crippen MR) is 87.0 cm³/mol. The Balaban J connectivity index is 1.85. The van der Waals surface area contributed by atoms with Gasteiger partial charge in [-0.25, -0.2) is 0 Å². The lowest BCUT2D eigenvalue weighted by atomic mass is 10.1. The van der Waals surface area contributed by atoms with Gasteiger partial charge in [0.25, 0.3) is 0 Å². The van der Waals surface area contributed by atoms with Crippen LogP contribution in [0.3, 0.4) is 0 Å². The molecule has 2 aromatic carbocycles. The first-order chi connectivity index (χ1) is 10.5. The van der Waals surface area contributed by atoms with Gasteiger partial charge in [0.05, 0.1) is 6.42 Å². The molecule has 3 rings (SSSR count). The van der Waals surface area contributed by atoms with Crippen LogP contribution in [0.15, 0.2) is 47.0 Å². The third-order valence-electron chi connectivity index (χ3n) is 3.78. The lowest BCUT2D eigenvalue weighted by molar-refractivity contribution is -0.117. The minimum absolute atomic E-state index is 0.0118. The molecule has 112 valence electrons. The molecule has 0 saturated carbocycles. The van der Waals surface area contributed by atoms with Gasteiger partial charge in [0.15, 0.2) is 5.58 Å². The lowest BCUT2D eigenvalue weighted by Crippen LogP contribution is -2.28. The molecule has 0 bridgehead atoms. The molecule has 1 heterocycles. The predicted octanol–water partition coefficient (Wildman–Crippen LogP) is 3.65. The van der Waals surface area contributed by atoms with Crippen LogP contribution in [0.5, 0.6) is 0 Å². The molecule has 0 N–H and O–H groups in total. The van der Waals surface area contributed by atoms with Gasteiger partial charge in [0.1, 0.15) is 5.69 Å². The van der Waals surface area contributed by atoms with Crippen LogP contribution in [0, 0.1) is 13.8 Å². The first-order valence-corrected chi connectivity index (χ1v) is 7.23. The molecule has 0 atom stereocenters. The minimum Gasteiger partial charge on any atom is -0.356 e. The van der Waals surface area contributed by atoms with Crippen LogP contribution < -0.4 is 4.90 Å². The van der Waals surface area contributed by atoms with Crippen molar-refractivity contribution >= 4 is 22.6 Å². The summed E-state index contributed by atoms with van der Waals surface area (Å²) in [7, 11) is 1.78. The summed E-state index contributed by atoms with van der Waals surface area (Å²) < 4.78 is 5.29. The van der Waals surface area contributed by atoms with Gasteiger partial charge in [-0.2, -0.15) is 0 Å². The fourth-order valence-corrected chi connectivity index (χ4v) is 2.47. The van der Waals surface area contributed by atoms with E-state index in [1.54, 1.807) is 11.9 Å². The van der Waals surface area contributed by atoms with E-state index in [2.05, 4.69) is 5.16 Å². The topological polar surface area (TPSA) is 46.3 Å². The minimum atomic E-state index is -0.0118. The molecule has 1 amide bonds. The molecule has 3 aromatic rings. The number of nitrogens with zero attached hydrogens (tertiary/aromatic N) is 2. The molecule has 4 nitrogen and oxygen atoms in total. The monoisotopic (exact) mass is 294 g/mol. The first-order valence-electron chi connectivity index (χ1n) is 7.23. The Morgan fingerprint density at radius 2 is 1.91 bits per heavy atom. The number of likely N-dealkylation sites (N-methyl/N-ethyl adjacent to an activating group) is 1. The maximum atomic E-state index is 12.5. The van der Waals surface area contributed by atoms with Gasteiger partial charge in [-0.05, 0) is 43.7 Å². The Bertz CT molecular complexity index is 836. The highest BCUT2D eigenvalue weighted by Crippen LogP contribution is 2.22. The first kappa shape index (κ1) is 14.3. The Kier molecular flexibility index (Phi) is 3.67. The van der Waals surface area contributed by atoms with Crippen LogP contribution in [-0.2, 0) is 11.2 Å². The second kappa shape index (κ2) is 5.64. The number of hydrogen-bond donors (Lipinski definition) is 0. The summed E-state index contributed by atoms with van der Waals surface area (Å²) in [5, 5.41) is 4.96. The summed E-state index contributed by atoms with van der Waals surface area (Å²) in [4.78, 5) is 14.2. The third kappa shape index (κ3) is 2.72. The summed E-state index contributed by atoms with van der Waals surface area (Å²) in [5.74, 6) is -0.0118. The van der Waals surface area contributed by atoms with Crippen LogP contribution >= 0.6 is 0 Å². The average molecular weight is 294 g/mol. The van der Waals surface area contributed by atoms with Crippen molar-refractivity contribution in [2.45, 2.75) is 20.3 Å². The van der Waals surface area contributed by atoms with Gasteiger partial charge in [0, 0.05) is 18.1 Å². The number of hydrogen-bond acceptors (Lipinski definition) is 3. The molecule has 0 radical (unpaired) electrons. The van der Waals surface area contributed by atoms with Gasteiger partial charge >= 0.3 is 0 Å². The lowest BCUT2D eigenvalue weighted by Gasteiger charge is -2.17. The Labute approximate surface area is 129 Å². The summed E-state index contributed by atoms with van der Waals surface area (Å²) in [5.41, 5.74) is 4.53. The van der Waals surface area contributed by atoms with Crippen molar-refractivity contribution < 1.29 is 9.32 Å². The zero-order valence-electron chi connectivity index (χ0n) is 13.0. The van der Waals surface area contributed by atoms with Gasteiger partial charge in [-0.1, -0.05) is 28.9 Å². The maximum absolute atomic E-state index is 12.5. The Morgan fingerprint density at radius 3 is 2.68 bits per heavy atom. The molecule has 0 fully saturated rings. The zero-order chi connectivity index (χ0) is 15.7. The molecule has 0 spiro atoms. The van der Waals surface area contributed by atoms with E-state index < -0.39 is 0 Å². The van der Waals surface area contributed by atoms with E-state index in [0.29, 0.717) is 11.3 Å². The molecule has 22 heavy (non-hydrogen) atoms. The van der Waals surface area contributed by atoms with Crippen LogP contribution in [0.1, 0.15) is 16.8 Å². The van der Waals surface area contributed by atoms with E-state index in [0.717, 1.165) is 22.2 Å². The van der Waals surface area contributed by atoms with Crippen molar-refractivity contribution in [1.82, 2.24) is 5.16 Å². The van der Waals surface area contributed by atoms with Gasteiger partial charge in [-0.15, -0.1) is 0 Å². The summed E-state index contributed by atoms with van der Waals surface area (Å²) in [6.45, 7) is 4.02. The van der Waals surface area contributed by atoms with Crippen molar-refractivity contribution in [2.24, 2.45) is 0 Å². The molecule has 0 aliphatic rings. The number of amides is 1. The average Bonchev–Trinajstić information content (AvgIpc) is 2.88. The largest absolute Gasteiger partial charge is 0.356 e. The number of fused-ring (bicyclic) bond motifs is 1. The Hall–Kier alpha value is -2.62. The number of aromatic nitrogens is 1. The number of rotatable bonds is 3. The number of carbonyl (C=O) groups is 1. The summed E-state index contributed by atoms with van der Waals surface area (Å²) >= 11 is 0. The van der Waals surface area contributed by atoms with Crippen LogP contribution in [0.2, 0.25) is 0 Å². The number of benzene rings is 2. The number of carbonyl (C=O) groups excluding carboxylic acids is 1. The van der Waals surface area contributed by atoms with E-state index >= 15 is 0 Å². The fraction of sp³-hybridized carbons (Fsp3) is 0.222. The van der Waals surface area contributed by atoms with E-state index in [-0.39, 0.29) is 12.3 Å². The van der Waals surface area contributed by atoms with E-state index in [9.17, 15) is 4.79 Å². The second-order valence-corrected chi connectivity index (χ2v) is 5.60. The quantitative estimate of drug-likeness (QED) is 0.740. The van der Waals surface area contributed by atoms with E-state index in [4.69, 9.17) is 4.52 Å². The second-order valence-electron chi connectivity index (χ2n) is 5.60. The molecular weight excluding hydrogens is 276 g/mol. The highest BCUT2D eigenvalue weighted by atomic mass is 16.5. The molecule has 4 heteroatoms. The maximum Gasteiger partial charge on any atom is 0.232 e. The van der Waals surface area contributed by atoms with Crippen molar-refractivity contribution in [1.29, 1.82) is 0 Å². The normalized spacial score (nSPS) is 10.9. The summed E-state index contributed by atoms with van der Waals surface area (Å²) in [6.07, 6.45) is 0.223. The van der Waals surface area contributed by atoms with Crippen molar-refractivity contribution in [3.8, 4) is 0 Å². The van der Waals surface area contributed by atoms with Crippen molar-refractivity contribution in [3.63, 3.8) is 0 Å². The van der Waals surface area contributed by atoms with Crippen molar-refractivity contribution in [3.05, 3.63) is 59.3 Å².